The maximum absolute atomic E-state index is 11.9. The fraction of sp³-hybridized carbons (Fsp3) is 0.143. The van der Waals surface area contributed by atoms with Crippen LogP contribution in [0.4, 0.5) is 5.69 Å². The van der Waals surface area contributed by atoms with Crippen LogP contribution < -0.4 is 0 Å². The second-order valence-electron chi connectivity index (χ2n) is 3.94. The van der Waals surface area contributed by atoms with E-state index in [9.17, 15) is 14.9 Å². The highest BCUT2D eigenvalue weighted by Crippen LogP contribution is 2.34. The minimum absolute atomic E-state index is 0.0873. The Balaban J connectivity index is 2.55. The third-order valence-corrected chi connectivity index (χ3v) is 3.14. The van der Waals surface area contributed by atoms with Gasteiger partial charge in [0, 0.05) is 16.1 Å². The number of hydrogen-bond acceptors (Lipinski definition) is 5. The van der Waals surface area contributed by atoms with Crippen molar-refractivity contribution in [2.24, 2.45) is 0 Å². The Morgan fingerprint density at radius 1 is 1.52 bits per heavy atom. The number of ether oxygens (including phenoxy) is 2. The molecular weight excluding hydrogens is 342 g/mol. The van der Waals surface area contributed by atoms with Gasteiger partial charge < -0.3 is 9.47 Å². The Kier molecular flexibility index (Phi) is 4.57. The lowest BCUT2D eigenvalue weighted by Gasteiger charge is -2.12. The molecule has 0 radical (unpaired) electrons. The molecule has 0 amide bonds. The molecule has 1 aromatic rings. The summed E-state index contributed by atoms with van der Waals surface area (Å²) in [5, 5.41) is 11.1. The Morgan fingerprint density at radius 3 is 2.95 bits per heavy atom. The Bertz CT molecular complexity index is 701. The minimum Gasteiger partial charge on any atom is -0.464 e. The summed E-state index contributed by atoms with van der Waals surface area (Å²) in [6, 6.07) is 4.44. The molecule has 1 heterocycles. The van der Waals surface area contributed by atoms with Crippen LogP contribution in [0.2, 0.25) is 0 Å². The summed E-state index contributed by atoms with van der Waals surface area (Å²) in [6.07, 6.45) is 2.46. The zero-order valence-corrected chi connectivity index (χ0v) is 12.5. The number of carbonyl (C=O) groups excluding carboxylic acids is 1. The molecule has 6 nitrogen and oxygen atoms in total. The number of hydrogen-bond donors (Lipinski definition) is 0. The van der Waals surface area contributed by atoms with Crippen molar-refractivity contribution in [3.63, 3.8) is 0 Å². The lowest BCUT2D eigenvalue weighted by atomic mass is 9.97. The van der Waals surface area contributed by atoms with E-state index in [-0.39, 0.29) is 29.0 Å². The Hall–Kier alpha value is -2.37. The molecule has 0 bridgehead atoms. The Morgan fingerprint density at radius 2 is 2.29 bits per heavy atom. The van der Waals surface area contributed by atoms with E-state index < -0.39 is 10.9 Å². The fourth-order valence-electron chi connectivity index (χ4n) is 1.79. The zero-order valence-electron chi connectivity index (χ0n) is 11.0. The SMILES string of the molecule is CCOC(=O)C1=C=COC=C1c1cc(Br)ccc1[N+](=O)[O-]. The molecule has 2 rings (SSSR count). The second-order valence-corrected chi connectivity index (χ2v) is 4.86. The predicted molar refractivity (Wildman–Crippen MR) is 78.1 cm³/mol. The number of nitrogens with zero attached hydrogens (tertiary/aromatic N) is 1. The summed E-state index contributed by atoms with van der Waals surface area (Å²) in [5.41, 5.74) is 3.08. The first-order valence-corrected chi connectivity index (χ1v) is 6.76. The van der Waals surface area contributed by atoms with Gasteiger partial charge >= 0.3 is 5.97 Å². The quantitative estimate of drug-likeness (QED) is 0.359. The van der Waals surface area contributed by atoms with E-state index >= 15 is 0 Å². The van der Waals surface area contributed by atoms with E-state index in [1.54, 1.807) is 19.1 Å². The summed E-state index contributed by atoms with van der Waals surface area (Å²) in [5.74, 6) is -0.613. The number of carbonyl (C=O) groups is 1. The van der Waals surface area contributed by atoms with Crippen LogP contribution in [0.15, 0.2) is 46.5 Å². The number of nitro benzene ring substituents is 1. The molecule has 7 heteroatoms. The first kappa shape index (κ1) is 15.0. The normalized spacial score (nSPS) is 13.0. The molecule has 0 aliphatic carbocycles. The van der Waals surface area contributed by atoms with Crippen LogP contribution in [-0.4, -0.2) is 17.5 Å². The summed E-state index contributed by atoms with van der Waals surface area (Å²) >= 11 is 3.26. The van der Waals surface area contributed by atoms with Crippen LogP contribution in [-0.2, 0) is 14.3 Å². The van der Waals surface area contributed by atoms with Gasteiger partial charge in [-0.15, -0.1) is 0 Å². The van der Waals surface area contributed by atoms with Gasteiger partial charge in [0.1, 0.15) is 18.1 Å². The highest BCUT2D eigenvalue weighted by molar-refractivity contribution is 9.10. The molecule has 0 aromatic heterocycles. The monoisotopic (exact) mass is 351 g/mol. The second kappa shape index (κ2) is 6.39. The number of rotatable bonds is 4. The van der Waals surface area contributed by atoms with Gasteiger partial charge in [-0.1, -0.05) is 21.7 Å². The molecular formula is C14H10BrNO5. The van der Waals surface area contributed by atoms with Gasteiger partial charge in [-0.05, 0) is 19.1 Å². The van der Waals surface area contributed by atoms with Crippen molar-refractivity contribution < 1.29 is 19.2 Å². The van der Waals surface area contributed by atoms with Crippen LogP contribution in [0.25, 0.3) is 5.57 Å². The summed E-state index contributed by atoms with van der Waals surface area (Å²) in [4.78, 5) is 22.6. The van der Waals surface area contributed by atoms with E-state index in [1.165, 1.54) is 18.6 Å². The third kappa shape index (κ3) is 3.21. The van der Waals surface area contributed by atoms with Gasteiger partial charge in [0.05, 0.1) is 17.1 Å². The summed E-state index contributed by atoms with van der Waals surface area (Å²) in [6.45, 7) is 1.87. The minimum atomic E-state index is -0.613. The van der Waals surface area contributed by atoms with Crippen LogP contribution in [0.1, 0.15) is 12.5 Å². The molecule has 0 atom stereocenters. The van der Waals surface area contributed by atoms with Crippen LogP contribution in [0, 0.1) is 10.1 Å². The van der Waals surface area contributed by atoms with Crippen molar-refractivity contribution >= 4 is 33.2 Å². The average Bonchev–Trinajstić information content (AvgIpc) is 2.47. The van der Waals surface area contributed by atoms with Crippen LogP contribution in [0.5, 0.6) is 0 Å². The summed E-state index contributed by atoms with van der Waals surface area (Å²) < 4.78 is 10.6. The smallest absolute Gasteiger partial charge is 0.346 e. The van der Waals surface area contributed by atoms with E-state index in [1.807, 2.05) is 0 Å². The molecule has 1 aliphatic heterocycles. The van der Waals surface area contributed by atoms with Gasteiger partial charge in [-0.2, -0.15) is 0 Å². The van der Waals surface area contributed by atoms with Crippen molar-refractivity contribution in [2.45, 2.75) is 6.92 Å². The van der Waals surface area contributed by atoms with Crippen molar-refractivity contribution in [1.29, 1.82) is 0 Å². The molecule has 1 aromatic carbocycles. The van der Waals surface area contributed by atoms with Gasteiger partial charge in [0.25, 0.3) is 5.69 Å². The van der Waals surface area contributed by atoms with Crippen molar-refractivity contribution in [1.82, 2.24) is 0 Å². The highest BCUT2D eigenvalue weighted by atomic mass is 79.9. The Labute approximate surface area is 128 Å². The molecule has 1 aliphatic rings. The van der Waals surface area contributed by atoms with Gasteiger partial charge in [-0.25, -0.2) is 4.79 Å². The number of nitro groups is 1. The van der Waals surface area contributed by atoms with Crippen LogP contribution in [0.3, 0.4) is 0 Å². The molecule has 0 unspecified atom stereocenters. The molecule has 0 saturated heterocycles. The van der Waals surface area contributed by atoms with Crippen molar-refractivity contribution in [3.05, 3.63) is 62.2 Å². The molecule has 0 spiro atoms. The zero-order chi connectivity index (χ0) is 15.4. The first-order valence-electron chi connectivity index (χ1n) is 5.97. The molecule has 0 N–H and O–H groups in total. The largest absolute Gasteiger partial charge is 0.464 e. The lowest BCUT2D eigenvalue weighted by Crippen LogP contribution is -2.11. The molecule has 0 saturated carbocycles. The van der Waals surface area contributed by atoms with E-state index in [0.717, 1.165) is 0 Å². The third-order valence-electron chi connectivity index (χ3n) is 2.65. The maximum atomic E-state index is 11.9. The average molecular weight is 352 g/mol. The number of halogens is 1. The standard InChI is InChI=1S/C14H10BrNO5/c1-2-21-14(17)10-5-6-20-8-12(10)11-7-9(15)3-4-13(11)16(18)19/h3-4,6-8H,2H2,1H3. The number of benzene rings is 1. The topological polar surface area (TPSA) is 78.7 Å². The first-order chi connectivity index (χ1) is 10.0. The van der Waals surface area contributed by atoms with Gasteiger partial charge in [-0.3, -0.25) is 10.1 Å². The lowest BCUT2D eigenvalue weighted by molar-refractivity contribution is -0.385. The fourth-order valence-corrected chi connectivity index (χ4v) is 2.15. The van der Waals surface area contributed by atoms with Crippen molar-refractivity contribution in [3.8, 4) is 0 Å². The number of esters is 1. The van der Waals surface area contributed by atoms with Crippen molar-refractivity contribution in [2.75, 3.05) is 6.61 Å². The summed E-state index contributed by atoms with van der Waals surface area (Å²) in [7, 11) is 0. The maximum Gasteiger partial charge on any atom is 0.346 e. The molecule has 21 heavy (non-hydrogen) atoms. The van der Waals surface area contributed by atoms with E-state index in [4.69, 9.17) is 9.47 Å². The van der Waals surface area contributed by atoms with Crippen LogP contribution >= 0.6 is 15.9 Å². The molecule has 0 fully saturated rings. The highest BCUT2D eigenvalue weighted by Gasteiger charge is 2.26. The van der Waals surface area contributed by atoms with Gasteiger partial charge in [0.15, 0.2) is 0 Å². The van der Waals surface area contributed by atoms with Gasteiger partial charge in [0.2, 0.25) is 0 Å². The van der Waals surface area contributed by atoms with E-state index in [0.29, 0.717) is 4.47 Å². The predicted octanol–water partition coefficient (Wildman–Crippen LogP) is 3.33. The van der Waals surface area contributed by atoms with E-state index in [2.05, 4.69) is 21.7 Å². The molecule has 108 valence electrons.